The van der Waals surface area contributed by atoms with Gasteiger partial charge in [0.1, 0.15) is 0 Å². The highest BCUT2D eigenvalue weighted by Crippen LogP contribution is 2.36. The van der Waals surface area contributed by atoms with Crippen LogP contribution in [-0.4, -0.2) is 10.2 Å². The van der Waals surface area contributed by atoms with Crippen molar-refractivity contribution >= 4 is 0 Å². The minimum atomic E-state index is -0.121. The van der Waals surface area contributed by atoms with Gasteiger partial charge >= 0.3 is 0 Å². The van der Waals surface area contributed by atoms with Gasteiger partial charge in [0, 0.05) is 0 Å². The molecule has 1 aliphatic carbocycles. The minimum absolute atomic E-state index is 0.121. The quantitative estimate of drug-likeness (QED) is 0.930. The van der Waals surface area contributed by atoms with E-state index in [1.807, 2.05) is 6.92 Å². The van der Waals surface area contributed by atoms with Gasteiger partial charge < -0.3 is 5.73 Å². The van der Waals surface area contributed by atoms with E-state index in [0.29, 0.717) is 0 Å². The van der Waals surface area contributed by atoms with Gasteiger partial charge in [-0.1, -0.05) is 37.6 Å². The number of benzene rings is 1. The molecule has 0 radical (unpaired) electrons. The molecule has 1 aliphatic rings. The van der Waals surface area contributed by atoms with Crippen molar-refractivity contribution in [2.75, 3.05) is 0 Å². The maximum absolute atomic E-state index is 6.47. The number of hydrogen-bond donors (Lipinski definition) is 1. The van der Waals surface area contributed by atoms with Crippen LogP contribution < -0.4 is 5.73 Å². The molecule has 1 aromatic heterocycles. The summed E-state index contributed by atoms with van der Waals surface area (Å²) in [6, 6.07) is 10.8. The van der Waals surface area contributed by atoms with E-state index in [1.165, 1.54) is 24.8 Å². The van der Waals surface area contributed by atoms with Crippen molar-refractivity contribution in [2.24, 2.45) is 5.73 Å². The molecule has 0 bridgehead atoms. The predicted octanol–water partition coefficient (Wildman–Crippen LogP) is 3.66. The molecule has 2 N–H and O–H groups in total. The number of aromatic nitrogens is 2. The van der Waals surface area contributed by atoms with Gasteiger partial charge in [-0.15, -0.1) is 0 Å². The van der Waals surface area contributed by atoms with Crippen LogP contribution in [0.1, 0.15) is 66.2 Å². The fraction of sp³-hybridized carbons (Fsp3) is 0.444. The van der Waals surface area contributed by atoms with Crippen molar-refractivity contribution in [3.8, 4) is 0 Å². The monoisotopic (exact) mass is 281 g/mol. The summed E-state index contributed by atoms with van der Waals surface area (Å²) >= 11 is 0. The lowest BCUT2D eigenvalue weighted by atomic mass is 9.79. The Bertz CT molecular complexity index is 615. The molecule has 110 valence electrons. The molecule has 1 aromatic carbocycles. The molecule has 0 aliphatic heterocycles. The number of hydrogen-bond acceptors (Lipinski definition) is 3. The van der Waals surface area contributed by atoms with Crippen molar-refractivity contribution in [2.45, 2.75) is 51.5 Å². The van der Waals surface area contributed by atoms with E-state index in [4.69, 9.17) is 5.73 Å². The molecule has 0 spiro atoms. The Balaban J connectivity index is 1.87. The first kappa shape index (κ1) is 14.2. The minimum Gasteiger partial charge on any atom is -0.320 e. The third-order valence-corrected chi connectivity index (χ3v) is 4.57. The Hall–Kier alpha value is -1.74. The summed E-state index contributed by atoms with van der Waals surface area (Å²) in [5, 5.41) is 8.42. The predicted molar refractivity (Wildman–Crippen MR) is 85.2 cm³/mol. The van der Waals surface area contributed by atoms with E-state index in [1.54, 1.807) is 0 Å². The van der Waals surface area contributed by atoms with Crippen LogP contribution in [-0.2, 0) is 6.42 Å². The van der Waals surface area contributed by atoms with Gasteiger partial charge in [0.05, 0.1) is 17.4 Å². The van der Waals surface area contributed by atoms with Crippen LogP contribution in [0, 0.1) is 6.92 Å². The van der Waals surface area contributed by atoms with Crippen molar-refractivity contribution in [3.05, 3.63) is 58.4 Å². The Morgan fingerprint density at radius 2 is 1.90 bits per heavy atom. The van der Waals surface area contributed by atoms with E-state index < -0.39 is 0 Å². The topological polar surface area (TPSA) is 51.8 Å². The first-order chi connectivity index (χ1) is 10.2. The van der Waals surface area contributed by atoms with Gasteiger partial charge in [0.15, 0.2) is 0 Å². The van der Waals surface area contributed by atoms with Crippen LogP contribution in [0.4, 0.5) is 0 Å². The van der Waals surface area contributed by atoms with E-state index in [-0.39, 0.29) is 6.04 Å². The maximum Gasteiger partial charge on any atom is 0.0679 e. The lowest BCUT2D eigenvalue weighted by molar-refractivity contribution is 0.419. The van der Waals surface area contributed by atoms with Crippen LogP contribution in [0.5, 0.6) is 0 Å². The molecule has 1 heterocycles. The molecule has 2 aromatic rings. The molecule has 3 rings (SSSR count). The highest BCUT2D eigenvalue weighted by molar-refractivity contribution is 5.36. The van der Waals surface area contributed by atoms with Crippen LogP contribution in [0.15, 0.2) is 30.3 Å². The molecule has 3 nitrogen and oxygen atoms in total. The van der Waals surface area contributed by atoms with Gasteiger partial charge in [-0.25, -0.2) is 0 Å². The number of nitrogens with two attached hydrogens (primary N) is 1. The molecular weight excluding hydrogens is 258 g/mol. The third-order valence-electron chi connectivity index (χ3n) is 4.57. The molecule has 3 heteroatoms. The Kier molecular flexibility index (Phi) is 4.02. The summed E-state index contributed by atoms with van der Waals surface area (Å²) in [4.78, 5) is 0. The number of aryl methyl sites for hydroxylation is 2. The first-order valence-electron chi connectivity index (χ1n) is 7.87. The number of nitrogens with zero attached hydrogens (tertiary/aromatic N) is 2. The van der Waals surface area contributed by atoms with Crippen molar-refractivity contribution in [1.29, 1.82) is 0 Å². The zero-order valence-corrected chi connectivity index (χ0v) is 12.8. The van der Waals surface area contributed by atoms with Gasteiger partial charge in [0.25, 0.3) is 0 Å². The average Bonchev–Trinajstić information content (AvgIpc) is 2.45. The van der Waals surface area contributed by atoms with Gasteiger partial charge in [-0.3, -0.25) is 0 Å². The van der Waals surface area contributed by atoms with Crippen molar-refractivity contribution in [3.63, 3.8) is 0 Å². The smallest absolute Gasteiger partial charge is 0.0679 e. The van der Waals surface area contributed by atoms with Gasteiger partial charge in [0.2, 0.25) is 0 Å². The number of rotatable bonds is 4. The molecular formula is C18H23N3. The van der Waals surface area contributed by atoms with Crippen LogP contribution in [0.25, 0.3) is 0 Å². The summed E-state index contributed by atoms with van der Waals surface area (Å²) < 4.78 is 0. The zero-order chi connectivity index (χ0) is 14.8. The summed E-state index contributed by atoms with van der Waals surface area (Å²) in [5.74, 6) is 0.770. The second-order valence-corrected chi connectivity index (χ2v) is 6.01. The zero-order valence-electron chi connectivity index (χ0n) is 12.8. The first-order valence-corrected chi connectivity index (χ1v) is 7.87. The summed E-state index contributed by atoms with van der Waals surface area (Å²) in [5.41, 5.74) is 12.1. The van der Waals surface area contributed by atoms with Crippen molar-refractivity contribution < 1.29 is 0 Å². The average molecular weight is 281 g/mol. The molecule has 1 unspecified atom stereocenters. The van der Waals surface area contributed by atoms with Crippen LogP contribution >= 0.6 is 0 Å². The SMILES string of the molecule is CCc1nnc(C)cc1C(N)c1ccc(C2CCC2)cc1. The standard InChI is InChI=1S/C18H23N3/c1-3-17-16(11-12(2)20-21-17)18(19)15-9-7-14(8-10-15)13-5-4-6-13/h7-11,13,18H,3-6,19H2,1-2H3. The van der Waals surface area contributed by atoms with Gasteiger partial charge in [-0.05, 0) is 54.9 Å². The highest BCUT2D eigenvalue weighted by Gasteiger charge is 2.20. The Morgan fingerprint density at radius 1 is 1.19 bits per heavy atom. The third kappa shape index (κ3) is 2.84. The second-order valence-electron chi connectivity index (χ2n) is 6.01. The van der Waals surface area contributed by atoms with Gasteiger partial charge in [-0.2, -0.15) is 10.2 Å². The molecule has 1 atom stereocenters. The summed E-state index contributed by atoms with van der Waals surface area (Å²) in [6.07, 6.45) is 4.89. The van der Waals surface area contributed by atoms with Crippen LogP contribution in [0.3, 0.4) is 0 Å². The van der Waals surface area contributed by atoms with E-state index in [0.717, 1.165) is 34.9 Å². The van der Waals surface area contributed by atoms with E-state index in [9.17, 15) is 0 Å². The Morgan fingerprint density at radius 3 is 2.48 bits per heavy atom. The lowest BCUT2D eigenvalue weighted by Gasteiger charge is -2.26. The summed E-state index contributed by atoms with van der Waals surface area (Å²) in [6.45, 7) is 4.05. The van der Waals surface area contributed by atoms with E-state index in [2.05, 4.69) is 47.5 Å². The Labute approximate surface area is 126 Å². The van der Waals surface area contributed by atoms with Crippen LogP contribution in [0.2, 0.25) is 0 Å². The highest BCUT2D eigenvalue weighted by atomic mass is 15.1. The summed E-state index contributed by atoms with van der Waals surface area (Å²) in [7, 11) is 0. The maximum atomic E-state index is 6.47. The normalized spacial score (nSPS) is 16.5. The lowest BCUT2D eigenvalue weighted by Crippen LogP contribution is -2.16. The largest absolute Gasteiger partial charge is 0.320 e. The molecule has 0 amide bonds. The fourth-order valence-corrected chi connectivity index (χ4v) is 2.97. The van der Waals surface area contributed by atoms with E-state index >= 15 is 0 Å². The second kappa shape index (κ2) is 5.94. The molecule has 0 saturated heterocycles. The van der Waals surface area contributed by atoms with Crippen molar-refractivity contribution in [1.82, 2.24) is 10.2 Å². The molecule has 1 saturated carbocycles. The molecule has 1 fully saturated rings. The fourth-order valence-electron chi connectivity index (χ4n) is 2.97. The molecule has 21 heavy (non-hydrogen) atoms.